The van der Waals surface area contributed by atoms with Crippen LogP contribution in [0.1, 0.15) is 72.4 Å². The van der Waals surface area contributed by atoms with Crippen LogP contribution in [0.3, 0.4) is 0 Å². The molecule has 9 heteroatoms. The highest BCUT2D eigenvalue weighted by Gasteiger charge is 2.28. The SMILES string of the molecule is CCOC(=O)c1c(CSc2ccc(F)cc2C)n(Cc2ccc(C)cc2)c2cc(C3=CCN(C(=O)OC(C)(C)C)CC3)c(O)cc12. The Labute approximate surface area is 274 Å². The first-order valence-electron chi connectivity index (χ1n) is 15.5. The van der Waals surface area contributed by atoms with Crippen LogP contribution in [0.4, 0.5) is 9.18 Å². The van der Waals surface area contributed by atoms with Gasteiger partial charge in [-0.2, -0.15) is 0 Å². The summed E-state index contributed by atoms with van der Waals surface area (Å²) in [7, 11) is 0. The third-order valence-electron chi connectivity index (χ3n) is 7.94. The lowest BCUT2D eigenvalue weighted by molar-refractivity contribution is 0.0270. The fourth-order valence-corrected chi connectivity index (χ4v) is 6.70. The molecule has 1 aromatic heterocycles. The normalized spacial score (nSPS) is 13.5. The molecule has 3 aromatic carbocycles. The zero-order valence-electron chi connectivity index (χ0n) is 27.3. The highest BCUT2D eigenvalue weighted by Crippen LogP contribution is 2.39. The molecule has 0 radical (unpaired) electrons. The first-order chi connectivity index (χ1) is 21.8. The number of aromatic nitrogens is 1. The minimum absolute atomic E-state index is 0.0519. The number of esters is 1. The standard InChI is InChI=1S/C37H41FN2O5S/c1-7-44-35(42)34-29-20-32(41)28(26-14-16-39(17-15-26)36(43)45-37(4,5)6)19-30(29)40(21-25-10-8-23(2)9-11-25)31(34)22-46-33-13-12-27(38)18-24(33)3/h8-14,18-20,41H,7,15-17,21-22H2,1-6H3. The minimum atomic E-state index is -0.588. The van der Waals surface area contributed by atoms with Crippen molar-refractivity contribution in [2.75, 3.05) is 19.7 Å². The smallest absolute Gasteiger partial charge is 0.410 e. The molecule has 1 N–H and O–H groups in total. The van der Waals surface area contributed by atoms with Crippen LogP contribution < -0.4 is 0 Å². The van der Waals surface area contributed by atoms with Crippen molar-refractivity contribution >= 4 is 40.3 Å². The number of carbonyl (C=O) groups excluding carboxylic acids is 2. The van der Waals surface area contributed by atoms with E-state index in [0.717, 1.165) is 38.4 Å². The molecule has 0 saturated heterocycles. The molecule has 0 unspecified atom stereocenters. The summed E-state index contributed by atoms with van der Waals surface area (Å²) in [5.41, 5.74) is 5.96. The fraction of sp³-hybridized carbons (Fsp3) is 0.351. The van der Waals surface area contributed by atoms with Crippen LogP contribution in [-0.2, 0) is 21.8 Å². The van der Waals surface area contributed by atoms with Gasteiger partial charge in [0.2, 0.25) is 0 Å². The average Bonchev–Trinajstić information content (AvgIpc) is 3.28. The third-order valence-corrected chi connectivity index (χ3v) is 9.12. The van der Waals surface area contributed by atoms with Crippen molar-refractivity contribution in [3.05, 3.63) is 100 Å². The summed E-state index contributed by atoms with van der Waals surface area (Å²) in [6, 6.07) is 16.6. The van der Waals surface area contributed by atoms with Crippen LogP contribution in [0, 0.1) is 19.7 Å². The number of thioether (sulfide) groups is 1. The molecule has 0 atom stereocenters. The van der Waals surface area contributed by atoms with Gasteiger partial charge in [-0.25, -0.2) is 14.0 Å². The molecule has 0 spiro atoms. The second kappa shape index (κ2) is 13.6. The summed E-state index contributed by atoms with van der Waals surface area (Å²) >= 11 is 1.53. The van der Waals surface area contributed by atoms with E-state index in [1.807, 2.05) is 46.8 Å². The first-order valence-corrected chi connectivity index (χ1v) is 16.5. The van der Waals surface area contributed by atoms with Gasteiger partial charge < -0.3 is 24.0 Å². The average molecular weight is 645 g/mol. The van der Waals surface area contributed by atoms with Crippen LogP contribution in [0.15, 0.2) is 65.6 Å². The summed E-state index contributed by atoms with van der Waals surface area (Å²) in [4.78, 5) is 28.8. The molecule has 242 valence electrons. The molecule has 1 amide bonds. The van der Waals surface area contributed by atoms with E-state index in [2.05, 4.69) is 28.8 Å². The van der Waals surface area contributed by atoms with Crippen molar-refractivity contribution in [1.82, 2.24) is 9.47 Å². The number of aromatic hydroxyl groups is 1. The predicted molar refractivity (Wildman–Crippen MR) is 181 cm³/mol. The molecule has 2 heterocycles. The van der Waals surface area contributed by atoms with Gasteiger partial charge in [0.05, 0.1) is 17.7 Å². The van der Waals surface area contributed by atoms with Gasteiger partial charge in [-0.3, -0.25) is 0 Å². The number of hydrogen-bond acceptors (Lipinski definition) is 6. The quantitative estimate of drug-likeness (QED) is 0.153. The third kappa shape index (κ3) is 7.41. The van der Waals surface area contributed by atoms with E-state index in [4.69, 9.17) is 9.47 Å². The molecule has 0 aliphatic carbocycles. The number of amides is 1. The topological polar surface area (TPSA) is 81.0 Å². The summed E-state index contributed by atoms with van der Waals surface area (Å²) < 4.78 is 27.1. The van der Waals surface area contributed by atoms with E-state index in [-0.39, 0.29) is 24.3 Å². The fourth-order valence-electron chi connectivity index (χ4n) is 5.66. The Kier molecular flexibility index (Phi) is 9.82. The van der Waals surface area contributed by atoms with E-state index in [1.54, 1.807) is 24.0 Å². The first kappa shape index (κ1) is 33.1. The lowest BCUT2D eigenvalue weighted by Gasteiger charge is -2.29. The molecule has 7 nitrogen and oxygen atoms in total. The number of carbonyl (C=O) groups is 2. The molecular weight excluding hydrogens is 603 g/mol. The number of hydrogen-bond donors (Lipinski definition) is 1. The van der Waals surface area contributed by atoms with Crippen molar-refractivity contribution in [2.24, 2.45) is 0 Å². The second-order valence-electron chi connectivity index (χ2n) is 12.6. The number of benzene rings is 3. The molecule has 1 aliphatic rings. The van der Waals surface area contributed by atoms with Crippen LogP contribution in [0.25, 0.3) is 16.5 Å². The summed E-state index contributed by atoms with van der Waals surface area (Å²) in [5.74, 6) is -0.281. The van der Waals surface area contributed by atoms with E-state index < -0.39 is 11.6 Å². The van der Waals surface area contributed by atoms with E-state index >= 15 is 0 Å². The molecule has 1 aliphatic heterocycles. The second-order valence-corrected chi connectivity index (χ2v) is 13.6. The Morgan fingerprint density at radius 2 is 1.78 bits per heavy atom. The van der Waals surface area contributed by atoms with Crippen LogP contribution in [-0.4, -0.2) is 51.9 Å². The number of halogens is 1. The Balaban J connectivity index is 1.61. The highest BCUT2D eigenvalue weighted by molar-refractivity contribution is 7.98. The van der Waals surface area contributed by atoms with Gasteiger partial charge in [0.1, 0.15) is 17.2 Å². The van der Waals surface area contributed by atoms with Crippen molar-refractivity contribution in [3.63, 3.8) is 0 Å². The lowest BCUT2D eigenvalue weighted by atomic mass is 9.97. The molecule has 5 rings (SSSR count). The van der Waals surface area contributed by atoms with Gasteiger partial charge >= 0.3 is 12.1 Å². The lowest BCUT2D eigenvalue weighted by Crippen LogP contribution is -2.39. The van der Waals surface area contributed by atoms with Gasteiger partial charge in [-0.15, -0.1) is 11.8 Å². The zero-order chi connectivity index (χ0) is 33.2. The number of nitrogens with zero attached hydrogens (tertiary/aromatic N) is 2. The van der Waals surface area contributed by atoms with Crippen molar-refractivity contribution in [3.8, 4) is 5.75 Å². The number of phenolic OH excluding ortho intramolecular Hbond substituents is 1. The highest BCUT2D eigenvalue weighted by atomic mass is 32.2. The Morgan fingerprint density at radius 1 is 1.04 bits per heavy atom. The monoisotopic (exact) mass is 644 g/mol. The molecule has 0 saturated carbocycles. The van der Waals surface area contributed by atoms with Crippen LogP contribution in [0.5, 0.6) is 5.75 Å². The van der Waals surface area contributed by atoms with Gasteiger partial charge in [-0.05, 0) is 95.0 Å². The van der Waals surface area contributed by atoms with Gasteiger partial charge in [-0.1, -0.05) is 35.9 Å². The van der Waals surface area contributed by atoms with Crippen molar-refractivity contribution in [2.45, 2.75) is 70.8 Å². The largest absolute Gasteiger partial charge is 0.507 e. The van der Waals surface area contributed by atoms with Gasteiger partial charge in [0.15, 0.2) is 0 Å². The van der Waals surface area contributed by atoms with E-state index in [1.165, 1.54) is 23.9 Å². The maximum Gasteiger partial charge on any atom is 0.410 e. The van der Waals surface area contributed by atoms with Crippen molar-refractivity contribution in [1.29, 1.82) is 0 Å². The molecule has 4 aromatic rings. The predicted octanol–water partition coefficient (Wildman–Crippen LogP) is 8.64. The zero-order valence-corrected chi connectivity index (χ0v) is 28.1. The molecule has 0 fully saturated rings. The Bertz CT molecular complexity index is 1800. The number of ether oxygens (including phenoxy) is 2. The van der Waals surface area contributed by atoms with Crippen LogP contribution in [0.2, 0.25) is 0 Å². The Morgan fingerprint density at radius 3 is 2.41 bits per heavy atom. The van der Waals surface area contributed by atoms with Crippen LogP contribution >= 0.6 is 11.8 Å². The van der Waals surface area contributed by atoms with E-state index in [0.29, 0.717) is 48.3 Å². The summed E-state index contributed by atoms with van der Waals surface area (Å²) in [6.45, 7) is 12.7. The maximum absolute atomic E-state index is 13.9. The molecular formula is C37H41FN2O5S. The van der Waals surface area contributed by atoms with E-state index in [9.17, 15) is 19.1 Å². The number of phenols is 1. The maximum atomic E-state index is 13.9. The number of rotatable bonds is 8. The number of aryl methyl sites for hydroxylation is 2. The summed E-state index contributed by atoms with van der Waals surface area (Å²) in [5, 5.41) is 12.0. The molecule has 46 heavy (non-hydrogen) atoms. The van der Waals surface area contributed by atoms with Gasteiger partial charge in [0.25, 0.3) is 0 Å². The number of fused-ring (bicyclic) bond motifs is 1. The minimum Gasteiger partial charge on any atom is -0.507 e. The van der Waals surface area contributed by atoms with Gasteiger partial charge in [0, 0.05) is 46.9 Å². The van der Waals surface area contributed by atoms with Crippen molar-refractivity contribution < 1.29 is 28.6 Å². The Hall–Kier alpha value is -4.24. The molecule has 0 bridgehead atoms. The summed E-state index contributed by atoms with van der Waals surface area (Å²) in [6.07, 6.45) is 2.11.